The van der Waals surface area contributed by atoms with Gasteiger partial charge in [0.1, 0.15) is 17.2 Å². The Morgan fingerprint density at radius 1 is 1.29 bits per heavy atom. The Hall–Kier alpha value is -1.20. The summed E-state index contributed by atoms with van der Waals surface area (Å²) in [6.45, 7) is 3.41. The lowest BCUT2D eigenvalue weighted by molar-refractivity contribution is 0.387. The summed E-state index contributed by atoms with van der Waals surface area (Å²) in [5.41, 5.74) is 0.659. The third-order valence-electron chi connectivity index (χ3n) is 3.39. The van der Waals surface area contributed by atoms with Gasteiger partial charge in [-0.2, -0.15) is 0 Å². The van der Waals surface area contributed by atoms with Crippen molar-refractivity contribution in [2.45, 2.75) is 31.7 Å². The standard InChI is InChI=1S/C15H20ClF2N3/c1-10(16)15-19-14-12(18)8-11(17)9-13(14)21(15)7-5-4-6-20(2)3/h8-10H,4-7H2,1-3H3. The van der Waals surface area contributed by atoms with Crippen LogP contribution in [0.1, 0.15) is 31.0 Å². The third kappa shape index (κ3) is 3.71. The number of unbranched alkanes of at least 4 members (excludes halogenated alkanes) is 1. The zero-order chi connectivity index (χ0) is 15.6. The van der Waals surface area contributed by atoms with Gasteiger partial charge in [-0.05, 0) is 46.5 Å². The Morgan fingerprint density at radius 3 is 2.62 bits per heavy atom. The normalized spacial score (nSPS) is 13.3. The molecule has 0 amide bonds. The number of fused-ring (bicyclic) bond motifs is 1. The molecule has 0 aliphatic heterocycles. The van der Waals surface area contributed by atoms with Crippen LogP contribution in [0.25, 0.3) is 11.0 Å². The second-order valence-corrected chi connectivity index (χ2v) is 6.16. The largest absolute Gasteiger partial charge is 0.327 e. The molecule has 0 fully saturated rings. The summed E-state index contributed by atoms with van der Waals surface area (Å²) >= 11 is 6.13. The topological polar surface area (TPSA) is 21.1 Å². The molecule has 0 aliphatic carbocycles. The molecule has 0 spiro atoms. The summed E-state index contributed by atoms with van der Waals surface area (Å²) < 4.78 is 29.1. The van der Waals surface area contributed by atoms with Crippen LogP contribution in [-0.2, 0) is 6.54 Å². The molecule has 0 radical (unpaired) electrons. The van der Waals surface area contributed by atoms with E-state index in [1.165, 1.54) is 6.07 Å². The number of aryl methyl sites for hydroxylation is 1. The Kier molecular flexibility index (Phi) is 5.17. The molecule has 0 bridgehead atoms. The van der Waals surface area contributed by atoms with Gasteiger partial charge in [0.25, 0.3) is 0 Å². The van der Waals surface area contributed by atoms with Gasteiger partial charge in [-0.15, -0.1) is 11.6 Å². The van der Waals surface area contributed by atoms with Crippen molar-refractivity contribution in [2.24, 2.45) is 0 Å². The molecule has 0 saturated heterocycles. The van der Waals surface area contributed by atoms with Gasteiger partial charge in [0.05, 0.1) is 10.9 Å². The van der Waals surface area contributed by atoms with Gasteiger partial charge in [0, 0.05) is 12.6 Å². The van der Waals surface area contributed by atoms with Crippen LogP contribution in [0.2, 0.25) is 0 Å². The minimum Gasteiger partial charge on any atom is -0.327 e. The van der Waals surface area contributed by atoms with Crippen LogP contribution >= 0.6 is 11.6 Å². The highest BCUT2D eigenvalue weighted by molar-refractivity contribution is 6.20. The van der Waals surface area contributed by atoms with Crippen molar-refractivity contribution in [1.29, 1.82) is 0 Å². The summed E-state index contributed by atoms with van der Waals surface area (Å²) in [6, 6.07) is 2.18. The Morgan fingerprint density at radius 2 is 2.00 bits per heavy atom. The predicted molar refractivity (Wildman–Crippen MR) is 81.7 cm³/mol. The molecule has 1 atom stereocenters. The van der Waals surface area contributed by atoms with E-state index in [2.05, 4.69) is 9.88 Å². The number of benzene rings is 1. The molecule has 3 nitrogen and oxygen atoms in total. The first-order valence-electron chi connectivity index (χ1n) is 7.04. The molecular weight excluding hydrogens is 296 g/mol. The number of rotatable bonds is 6. The minimum atomic E-state index is -0.643. The van der Waals surface area contributed by atoms with E-state index in [-0.39, 0.29) is 10.9 Å². The molecule has 2 aromatic rings. The molecule has 116 valence electrons. The van der Waals surface area contributed by atoms with Crippen molar-refractivity contribution in [1.82, 2.24) is 14.5 Å². The highest BCUT2D eigenvalue weighted by Crippen LogP contribution is 2.27. The average molecular weight is 316 g/mol. The lowest BCUT2D eigenvalue weighted by Crippen LogP contribution is -2.14. The highest BCUT2D eigenvalue weighted by Gasteiger charge is 2.18. The Balaban J connectivity index is 2.32. The molecular formula is C15H20ClF2N3. The predicted octanol–water partition coefficient (Wildman–Crippen LogP) is 3.96. The monoisotopic (exact) mass is 315 g/mol. The molecule has 0 N–H and O–H groups in total. The lowest BCUT2D eigenvalue weighted by atomic mass is 10.2. The van der Waals surface area contributed by atoms with E-state index in [1.54, 1.807) is 6.92 Å². The maximum Gasteiger partial charge on any atom is 0.153 e. The Labute approximate surface area is 128 Å². The molecule has 21 heavy (non-hydrogen) atoms. The van der Waals surface area contributed by atoms with Crippen LogP contribution in [0.4, 0.5) is 8.78 Å². The summed E-state index contributed by atoms with van der Waals surface area (Å²) in [4.78, 5) is 6.35. The van der Waals surface area contributed by atoms with Gasteiger partial charge in [0.15, 0.2) is 5.82 Å². The number of aromatic nitrogens is 2. The number of halogens is 3. The van der Waals surface area contributed by atoms with Gasteiger partial charge in [0.2, 0.25) is 0 Å². The van der Waals surface area contributed by atoms with E-state index in [9.17, 15) is 8.78 Å². The van der Waals surface area contributed by atoms with Crippen molar-refractivity contribution in [3.63, 3.8) is 0 Å². The molecule has 1 aromatic carbocycles. The fourth-order valence-electron chi connectivity index (χ4n) is 2.40. The van der Waals surface area contributed by atoms with Crippen LogP contribution in [-0.4, -0.2) is 35.1 Å². The van der Waals surface area contributed by atoms with Crippen molar-refractivity contribution >= 4 is 22.6 Å². The lowest BCUT2D eigenvalue weighted by Gasteiger charge is -2.12. The quantitative estimate of drug-likeness (QED) is 0.594. The summed E-state index contributed by atoms with van der Waals surface area (Å²) in [5, 5.41) is -0.353. The second kappa shape index (κ2) is 6.71. The first-order chi connectivity index (χ1) is 9.90. The smallest absolute Gasteiger partial charge is 0.153 e. The van der Waals surface area contributed by atoms with Crippen molar-refractivity contribution in [3.8, 4) is 0 Å². The Bertz CT molecular complexity index is 623. The van der Waals surface area contributed by atoms with E-state index in [4.69, 9.17) is 11.6 Å². The van der Waals surface area contributed by atoms with E-state index < -0.39 is 11.6 Å². The fraction of sp³-hybridized carbons (Fsp3) is 0.533. The number of hydrogen-bond donors (Lipinski definition) is 0. The van der Waals surface area contributed by atoms with Crippen molar-refractivity contribution < 1.29 is 8.78 Å². The second-order valence-electron chi connectivity index (χ2n) is 5.50. The van der Waals surface area contributed by atoms with Crippen molar-refractivity contribution in [3.05, 3.63) is 29.6 Å². The van der Waals surface area contributed by atoms with Gasteiger partial charge >= 0.3 is 0 Å². The number of hydrogen-bond acceptors (Lipinski definition) is 2. The van der Waals surface area contributed by atoms with Gasteiger partial charge in [-0.1, -0.05) is 0 Å². The summed E-state index contributed by atoms with van der Waals surface area (Å²) in [5.74, 6) is -0.653. The average Bonchev–Trinajstić information content (AvgIpc) is 2.73. The van der Waals surface area contributed by atoms with Gasteiger partial charge in [-0.3, -0.25) is 0 Å². The van der Waals surface area contributed by atoms with Gasteiger partial charge < -0.3 is 9.47 Å². The van der Waals surface area contributed by atoms with Crippen LogP contribution in [0.3, 0.4) is 0 Å². The first-order valence-corrected chi connectivity index (χ1v) is 7.47. The van der Waals surface area contributed by atoms with Crippen molar-refractivity contribution in [2.75, 3.05) is 20.6 Å². The van der Waals surface area contributed by atoms with E-state index >= 15 is 0 Å². The van der Waals surface area contributed by atoms with Crippen LogP contribution in [0, 0.1) is 11.6 Å². The maximum absolute atomic E-state index is 13.8. The van der Waals surface area contributed by atoms with Crippen LogP contribution in [0.5, 0.6) is 0 Å². The number of alkyl halides is 1. The summed E-state index contributed by atoms with van der Waals surface area (Å²) in [6.07, 6.45) is 1.90. The SMILES string of the molecule is CC(Cl)c1nc2c(F)cc(F)cc2n1CCCCN(C)C. The summed E-state index contributed by atoms with van der Waals surface area (Å²) in [7, 11) is 4.03. The zero-order valence-corrected chi connectivity index (χ0v) is 13.3. The van der Waals surface area contributed by atoms with E-state index in [1.807, 2.05) is 18.7 Å². The van der Waals surface area contributed by atoms with Crippen LogP contribution < -0.4 is 0 Å². The molecule has 1 heterocycles. The molecule has 2 rings (SSSR count). The van der Waals surface area contributed by atoms with Crippen LogP contribution in [0.15, 0.2) is 12.1 Å². The molecule has 1 aromatic heterocycles. The number of imidazole rings is 1. The van der Waals surface area contributed by atoms with E-state index in [0.717, 1.165) is 25.5 Å². The third-order valence-corrected chi connectivity index (χ3v) is 3.59. The van der Waals surface area contributed by atoms with E-state index in [0.29, 0.717) is 17.9 Å². The molecule has 6 heteroatoms. The maximum atomic E-state index is 13.8. The molecule has 1 unspecified atom stereocenters. The molecule has 0 aliphatic rings. The molecule has 0 saturated carbocycles. The highest BCUT2D eigenvalue weighted by atomic mass is 35.5. The number of nitrogens with zero attached hydrogens (tertiary/aromatic N) is 3. The minimum absolute atomic E-state index is 0.187. The first kappa shape index (κ1) is 16.2. The fourth-order valence-corrected chi connectivity index (χ4v) is 2.57. The van der Waals surface area contributed by atoms with Gasteiger partial charge in [-0.25, -0.2) is 13.8 Å². The zero-order valence-electron chi connectivity index (χ0n) is 12.5.